The SMILES string of the molecule is CCOC(N)(Cl)CC#N. The highest BCUT2D eigenvalue weighted by Crippen LogP contribution is 2.12. The molecule has 0 amide bonds. The molecule has 0 aliphatic rings. The Labute approximate surface area is 59.3 Å². The molecule has 0 rings (SSSR count). The number of alkyl halides is 1. The summed E-state index contributed by atoms with van der Waals surface area (Å²) in [7, 11) is 0. The van der Waals surface area contributed by atoms with E-state index in [9.17, 15) is 0 Å². The van der Waals surface area contributed by atoms with Gasteiger partial charge in [-0.1, -0.05) is 11.6 Å². The molecular formula is C5H9ClN2O. The number of halogens is 1. The molecule has 52 valence electrons. The lowest BCUT2D eigenvalue weighted by molar-refractivity contribution is 0.0361. The summed E-state index contributed by atoms with van der Waals surface area (Å²) >= 11 is 5.47. The van der Waals surface area contributed by atoms with Crippen molar-refractivity contribution in [3.63, 3.8) is 0 Å². The number of hydrogen-bond donors (Lipinski definition) is 1. The Morgan fingerprint density at radius 1 is 1.89 bits per heavy atom. The zero-order valence-electron chi connectivity index (χ0n) is 5.22. The van der Waals surface area contributed by atoms with Crippen molar-refractivity contribution in [1.29, 1.82) is 5.26 Å². The van der Waals surface area contributed by atoms with Gasteiger partial charge in [0.25, 0.3) is 0 Å². The second-order valence-corrected chi connectivity index (χ2v) is 2.19. The van der Waals surface area contributed by atoms with E-state index in [1.54, 1.807) is 6.92 Å². The van der Waals surface area contributed by atoms with Crippen LogP contribution in [0.2, 0.25) is 0 Å². The molecule has 0 radical (unpaired) electrons. The summed E-state index contributed by atoms with van der Waals surface area (Å²) < 4.78 is 4.79. The van der Waals surface area contributed by atoms with Gasteiger partial charge >= 0.3 is 0 Å². The molecular weight excluding hydrogens is 140 g/mol. The Morgan fingerprint density at radius 3 is 2.78 bits per heavy atom. The number of ether oxygens (including phenoxy) is 1. The van der Waals surface area contributed by atoms with Crippen LogP contribution in [0.3, 0.4) is 0 Å². The van der Waals surface area contributed by atoms with Crippen LogP contribution in [0.25, 0.3) is 0 Å². The lowest BCUT2D eigenvalue weighted by Crippen LogP contribution is -2.35. The molecule has 0 saturated carbocycles. The van der Waals surface area contributed by atoms with Gasteiger partial charge in [0.15, 0.2) is 0 Å². The molecule has 2 N–H and O–H groups in total. The molecule has 1 atom stereocenters. The van der Waals surface area contributed by atoms with Gasteiger partial charge in [-0.15, -0.1) is 0 Å². The van der Waals surface area contributed by atoms with Crippen LogP contribution in [0.15, 0.2) is 0 Å². The van der Waals surface area contributed by atoms with Gasteiger partial charge in [0.1, 0.15) is 0 Å². The van der Waals surface area contributed by atoms with Crippen molar-refractivity contribution < 1.29 is 4.74 Å². The summed E-state index contributed by atoms with van der Waals surface area (Å²) in [6.45, 7) is 2.18. The van der Waals surface area contributed by atoms with Crippen LogP contribution < -0.4 is 5.73 Å². The molecule has 0 aromatic rings. The van der Waals surface area contributed by atoms with Crippen molar-refractivity contribution in [3.8, 4) is 6.07 Å². The van der Waals surface area contributed by atoms with Crippen LogP contribution in [0.5, 0.6) is 0 Å². The van der Waals surface area contributed by atoms with E-state index in [2.05, 4.69) is 0 Å². The van der Waals surface area contributed by atoms with Gasteiger partial charge in [-0.2, -0.15) is 5.26 Å². The Morgan fingerprint density at radius 2 is 2.44 bits per heavy atom. The quantitative estimate of drug-likeness (QED) is 0.366. The molecule has 9 heavy (non-hydrogen) atoms. The van der Waals surface area contributed by atoms with E-state index >= 15 is 0 Å². The number of nitrogens with zero attached hydrogens (tertiary/aromatic N) is 1. The summed E-state index contributed by atoms with van der Waals surface area (Å²) in [6, 6.07) is 1.81. The predicted molar refractivity (Wildman–Crippen MR) is 34.6 cm³/mol. The zero-order valence-corrected chi connectivity index (χ0v) is 5.98. The van der Waals surface area contributed by atoms with E-state index < -0.39 is 5.18 Å². The monoisotopic (exact) mass is 148 g/mol. The second kappa shape index (κ2) is 3.67. The average Bonchev–Trinajstić information content (AvgIpc) is 1.64. The topological polar surface area (TPSA) is 59.0 Å². The maximum Gasteiger partial charge on any atom is 0.206 e. The molecule has 0 aliphatic heterocycles. The summed E-state index contributed by atoms with van der Waals surface area (Å²) in [5.41, 5.74) is 5.26. The van der Waals surface area contributed by atoms with E-state index in [1.807, 2.05) is 6.07 Å². The van der Waals surface area contributed by atoms with E-state index in [0.717, 1.165) is 0 Å². The molecule has 0 bridgehead atoms. The Balaban J connectivity index is 3.59. The maximum absolute atomic E-state index is 8.13. The fourth-order valence-corrected chi connectivity index (χ4v) is 0.568. The predicted octanol–water partition coefficient (Wildman–Crippen LogP) is 0.788. The molecule has 1 unspecified atom stereocenters. The highest BCUT2D eigenvalue weighted by atomic mass is 35.5. The van der Waals surface area contributed by atoms with E-state index in [1.165, 1.54) is 0 Å². The van der Waals surface area contributed by atoms with Crippen molar-refractivity contribution in [2.24, 2.45) is 5.73 Å². The molecule has 0 heterocycles. The zero-order chi connectivity index (χ0) is 7.33. The highest BCUT2D eigenvalue weighted by molar-refractivity contribution is 6.22. The fraction of sp³-hybridized carbons (Fsp3) is 0.800. The third-order valence-electron chi connectivity index (χ3n) is 0.704. The van der Waals surface area contributed by atoms with Crippen LogP contribution in [0.1, 0.15) is 13.3 Å². The van der Waals surface area contributed by atoms with Gasteiger partial charge in [-0.25, -0.2) is 0 Å². The smallest absolute Gasteiger partial charge is 0.206 e. The second-order valence-electron chi connectivity index (χ2n) is 1.55. The molecule has 0 aromatic heterocycles. The minimum absolute atomic E-state index is 0.00238. The van der Waals surface area contributed by atoms with E-state index in [-0.39, 0.29) is 6.42 Å². The Bertz CT molecular complexity index is 119. The Kier molecular flexibility index (Phi) is 3.55. The average molecular weight is 149 g/mol. The highest BCUT2D eigenvalue weighted by Gasteiger charge is 2.20. The molecule has 0 saturated heterocycles. The van der Waals surface area contributed by atoms with Crippen LogP contribution in [-0.2, 0) is 4.74 Å². The minimum Gasteiger partial charge on any atom is -0.346 e. The van der Waals surface area contributed by atoms with Crippen molar-refractivity contribution in [2.45, 2.75) is 18.5 Å². The maximum atomic E-state index is 8.13. The fourth-order valence-electron chi connectivity index (χ4n) is 0.399. The molecule has 0 spiro atoms. The first-order valence-corrected chi connectivity index (χ1v) is 2.99. The third-order valence-corrected chi connectivity index (χ3v) is 0.947. The number of rotatable bonds is 3. The van der Waals surface area contributed by atoms with E-state index in [4.69, 9.17) is 27.3 Å². The van der Waals surface area contributed by atoms with Crippen molar-refractivity contribution in [1.82, 2.24) is 0 Å². The van der Waals surface area contributed by atoms with Crippen molar-refractivity contribution in [3.05, 3.63) is 0 Å². The standard InChI is InChI=1S/C5H9ClN2O/c1-2-9-5(6,8)3-4-7/h2-3,8H2,1H3. The minimum atomic E-state index is -1.29. The van der Waals surface area contributed by atoms with Crippen molar-refractivity contribution in [2.75, 3.05) is 6.61 Å². The number of nitriles is 1. The first-order valence-electron chi connectivity index (χ1n) is 2.61. The normalized spacial score (nSPS) is 16.2. The molecule has 0 aromatic carbocycles. The first-order chi connectivity index (χ1) is 4.12. The van der Waals surface area contributed by atoms with Gasteiger partial charge in [0, 0.05) is 6.61 Å². The third kappa shape index (κ3) is 4.22. The summed E-state index contributed by atoms with van der Waals surface area (Å²) in [5.74, 6) is 0. The Hall–Kier alpha value is -0.300. The molecule has 0 aliphatic carbocycles. The summed E-state index contributed by atoms with van der Waals surface area (Å²) in [4.78, 5) is 0. The largest absolute Gasteiger partial charge is 0.346 e. The van der Waals surface area contributed by atoms with Crippen LogP contribution in [0, 0.1) is 11.3 Å². The van der Waals surface area contributed by atoms with Gasteiger partial charge in [-0.05, 0) is 6.92 Å². The lowest BCUT2D eigenvalue weighted by atomic mass is 10.4. The van der Waals surface area contributed by atoms with Crippen LogP contribution >= 0.6 is 11.6 Å². The molecule has 3 nitrogen and oxygen atoms in total. The molecule has 4 heteroatoms. The first kappa shape index (κ1) is 8.70. The molecule has 0 fully saturated rings. The van der Waals surface area contributed by atoms with E-state index in [0.29, 0.717) is 6.61 Å². The van der Waals surface area contributed by atoms with Gasteiger partial charge < -0.3 is 4.74 Å². The van der Waals surface area contributed by atoms with Gasteiger partial charge in [-0.3, -0.25) is 5.73 Å². The van der Waals surface area contributed by atoms with Gasteiger partial charge in [0.2, 0.25) is 5.18 Å². The summed E-state index contributed by atoms with van der Waals surface area (Å²) in [6.07, 6.45) is 0.00238. The summed E-state index contributed by atoms with van der Waals surface area (Å²) in [5, 5.41) is 6.85. The van der Waals surface area contributed by atoms with Crippen LogP contribution in [-0.4, -0.2) is 11.8 Å². The van der Waals surface area contributed by atoms with Gasteiger partial charge in [0.05, 0.1) is 12.5 Å². The lowest BCUT2D eigenvalue weighted by Gasteiger charge is -2.17. The number of nitrogens with two attached hydrogens (primary N) is 1. The number of hydrogen-bond acceptors (Lipinski definition) is 3. The van der Waals surface area contributed by atoms with Crippen LogP contribution in [0.4, 0.5) is 0 Å². The van der Waals surface area contributed by atoms with Crippen molar-refractivity contribution >= 4 is 11.6 Å².